The molecule has 0 radical (unpaired) electrons. The predicted octanol–water partition coefficient (Wildman–Crippen LogP) is 4.60. The topological polar surface area (TPSA) is 70.9 Å². The molecule has 4 rings (SSSR count). The minimum atomic E-state index is -0.396. The summed E-state index contributed by atoms with van der Waals surface area (Å²) in [7, 11) is 0. The van der Waals surface area contributed by atoms with Crippen molar-refractivity contribution in [1.82, 2.24) is 14.7 Å². The summed E-state index contributed by atoms with van der Waals surface area (Å²) in [5.41, 5.74) is 1.42. The van der Waals surface area contributed by atoms with Crippen LogP contribution in [0.4, 0.5) is 4.39 Å². The van der Waals surface area contributed by atoms with Gasteiger partial charge < -0.3 is 10.2 Å². The molecule has 0 aliphatic heterocycles. The largest absolute Gasteiger partial charge is 0.426 e. The molecule has 0 fully saturated rings. The number of halogens is 2. The van der Waals surface area contributed by atoms with Crippen LogP contribution < -0.4 is 5.56 Å². The maximum Gasteiger partial charge on any atom is 0.257 e. The predicted molar refractivity (Wildman–Crippen MR) is 101 cm³/mol. The Balaban J connectivity index is 2.04. The van der Waals surface area contributed by atoms with Gasteiger partial charge in [-0.15, -0.1) is 0 Å². The van der Waals surface area contributed by atoms with Crippen LogP contribution in [-0.2, 0) is 0 Å². The molecule has 4 aromatic rings. The lowest BCUT2D eigenvalue weighted by molar-refractivity contribution is 0.195. The molecule has 0 bridgehead atoms. The summed E-state index contributed by atoms with van der Waals surface area (Å²) < 4.78 is 14.2. The molecular weight excluding hydrogens is 369 g/mol. The number of hydrogen-bond acceptors (Lipinski definition) is 3. The van der Waals surface area contributed by atoms with Gasteiger partial charge in [0.15, 0.2) is 5.82 Å². The Bertz CT molecular complexity index is 1180. The Morgan fingerprint density at radius 3 is 2.41 bits per heavy atom. The summed E-state index contributed by atoms with van der Waals surface area (Å²) in [4.78, 5) is 19.4. The molecule has 0 aliphatic rings. The van der Waals surface area contributed by atoms with Crippen LogP contribution in [0.1, 0.15) is 0 Å². The number of imidazole rings is 1. The van der Waals surface area contributed by atoms with E-state index in [4.69, 9.17) is 11.6 Å². The maximum absolute atomic E-state index is 13.3. The minimum absolute atomic E-state index is 0.179. The van der Waals surface area contributed by atoms with E-state index in [1.165, 1.54) is 30.5 Å². The van der Waals surface area contributed by atoms with E-state index in [1.807, 2.05) is 0 Å². The SMILES string of the molecule is O=c1[nH]cccc1-c1c(-c2ccc(F)cc2)nc(-c2ccccc2Cl)n1O. The van der Waals surface area contributed by atoms with Gasteiger partial charge in [0.2, 0.25) is 0 Å². The summed E-state index contributed by atoms with van der Waals surface area (Å²) in [5.74, 6) is -0.217. The van der Waals surface area contributed by atoms with E-state index in [0.29, 0.717) is 21.8 Å². The van der Waals surface area contributed by atoms with E-state index in [-0.39, 0.29) is 22.6 Å². The Kier molecular flexibility index (Phi) is 4.25. The van der Waals surface area contributed by atoms with Gasteiger partial charge in [-0.25, -0.2) is 9.37 Å². The van der Waals surface area contributed by atoms with E-state index < -0.39 is 5.82 Å². The van der Waals surface area contributed by atoms with Crippen molar-refractivity contribution in [3.8, 4) is 33.9 Å². The first-order valence-corrected chi connectivity index (χ1v) is 8.45. The molecule has 0 spiro atoms. The zero-order valence-corrected chi connectivity index (χ0v) is 14.6. The maximum atomic E-state index is 13.3. The Hall–Kier alpha value is -3.38. The van der Waals surface area contributed by atoms with Crippen LogP contribution in [0.25, 0.3) is 33.9 Å². The van der Waals surface area contributed by atoms with Crippen LogP contribution in [0.3, 0.4) is 0 Å². The zero-order valence-electron chi connectivity index (χ0n) is 13.9. The van der Waals surface area contributed by atoms with Gasteiger partial charge in [0.25, 0.3) is 5.56 Å². The number of pyridine rings is 1. The zero-order chi connectivity index (χ0) is 19.0. The van der Waals surface area contributed by atoms with Gasteiger partial charge in [0.1, 0.15) is 17.2 Å². The molecule has 0 unspecified atom stereocenters. The van der Waals surface area contributed by atoms with Crippen molar-refractivity contribution in [2.75, 3.05) is 0 Å². The number of benzene rings is 2. The van der Waals surface area contributed by atoms with E-state index in [0.717, 1.165) is 4.73 Å². The third kappa shape index (κ3) is 3.00. The van der Waals surface area contributed by atoms with E-state index in [1.54, 1.807) is 36.4 Å². The van der Waals surface area contributed by atoms with E-state index >= 15 is 0 Å². The van der Waals surface area contributed by atoms with Crippen LogP contribution in [0, 0.1) is 5.82 Å². The summed E-state index contributed by atoms with van der Waals surface area (Å²) in [6.07, 6.45) is 1.50. The summed E-state index contributed by atoms with van der Waals surface area (Å²) in [6, 6.07) is 15.8. The minimum Gasteiger partial charge on any atom is -0.426 e. The van der Waals surface area contributed by atoms with E-state index in [9.17, 15) is 14.4 Å². The van der Waals surface area contributed by atoms with Gasteiger partial charge in [-0.2, -0.15) is 4.73 Å². The van der Waals surface area contributed by atoms with Crippen LogP contribution in [-0.4, -0.2) is 19.9 Å². The molecule has 2 aromatic heterocycles. The second-order valence-electron chi connectivity index (χ2n) is 5.84. The number of aromatic amines is 1. The Labute approximate surface area is 158 Å². The normalized spacial score (nSPS) is 10.9. The number of rotatable bonds is 3. The fourth-order valence-electron chi connectivity index (χ4n) is 2.89. The number of aromatic nitrogens is 3. The molecule has 0 saturated heterocycles. The average molecular weight is 382 g/mol. The van der Waals surface area contributed by atoms with Gasteiger partial charge in [0.05, 0.1) is 10.6 Å². The highest BCUT2D eigenvalue weighted by Gasteiger charge is 2.23. The number of nitrogens with one attached hydrogen (secondary N) is 1. The third-order valence-electron chi connectivity index (χ3n) is 4.16. The second kappa shape index (κ2) is 6.74. The van der Waals surface area contributed by atoms with E-state index in [2.05, 4.69) is 9.97 Å². The van der Waals surface area contributed by atoms with Crippen LogP contribution >= 0.6 is 11.6 Å². The van der Waals surface area contributed by atoms with Crippen LogP contribution in [0.5, 0.6) is 0 Å². The third-order valence-corrected chi connectivity index (χ3v) is 4.49. The molecule has 0 aliphatic carbocycles. The summed E-state index contributed by atoms with van der Waals surface area (Å²) in [5, 5.41) is 11.2. The first kappa shape index (κ1) is 17.1. The van der Waals surface area contributed by atoms with Crippen molar-refractivity contribution in [1.29, 1.82) is 0 Å². The van der Waals surface area contributed by atoms with Crippen molar-refractivity contribution < 1.29 is 9.60 Å². The van der Waals surface area contributed by atoms with Gasteiger partial charge >= 0.3 is 0 Å². The molecule has 0 amide bonds. The first-order valence-electron chi connectivity index (χ1n) is 8.07. The van der Waals surface area contributed by atoms with Crippen molar-refractivity contribution in [3.05, 3.63) is 88.1 Å². The molecular formula is C20H13ClFN3O2. The van der Waals surface area contributed by atoms with Gasteiger partial charge in [-0.1, -0.05) is 23.7 Å². The molecule has 7 heteroatoms. The van der Waals surface area contributed by atoms with Crippen LogP contribution in [0.2, 0.25) is 5.02 Å². The van der Waals surface area contributed by atoms with Crippen LogP contribution in [0.15, 0.2) is 71.7 Å². The molecule has 2 aromatic carbocycles. The van der Waals surface area contributed by atoms with Gasteiger partial charge in [0, 0.05) is 17.3 Å². The second-order valence-corrected chi connectivity index (χ2v) is 6.25. The lowest BCUT2D eigenvalue weighted by atomic mass is 10.1. The monoisotopic (exact) mass is 381 g/mol. The molecule has 5 nitrogen and oxygen atoms in total. The van der Waals surface area contributed by atoms with Gasteiger partial charge in [-0.05, 0) is 48.5 Å². The van der Waals surface area contributed by atoms with Crippen molar-refractivity contribution >= 4 is 11.6 Å². The highest BCUT2D eigenvalue weighted by molar-refractivity contribution is 6.33. The number of hydrogen-bond donors (Lipinski definition) is 2. The molecule has 2 N–H and O–H groups in total. The molecule has 0 saturated carbocycles. The number of nitrogens with zero attached hydrogens (tertiary/aromatic N) is 2. The Morgan fingerprint density at radius 1 is 1.00 bits per heavy atom. The quantitative estimate of drug-likeness (QED) is 0.509. The summed E-state index contributed by atoms with van der Waals surface area (Å²) >= 11 is 6.25. The highest BCUT2D eigenvalue weighted by Crippen LogP contribution is 2.36. The lowest BCUT2D eigenvalue weighted by Gasteiger charge is -2.06. The Morgan fingerprint density at radius 2 is 1.70 bits per heavy atom. The molecule has 134 valence electrons. The molecule has 27 heavy (non-hydrogen) atoms. The molecule has 0 atom stereocenters. The summed E-state index contributed by atoms with van der Waals surface area (Å²) in [6.45, 7) is 0. The van der Waals surface area contributed by atoms with Crippen molar-refractivity contribution in [3.63, 3.8) is 0 Å². The standard InChI is InChI=1S/C20H13ClFN3O2/c21-16-6-2-1-4-14(16)19-24-17(12-7-9-13(22)10-8-12)18(25(19)27)15-5-3-11-23-20(15)26/h1-11,27H,(H,23,26). The average Bonchev–Trinajstić information content (AvgIpc) is 3.00. The number of H-pyrrole nitrogens is 1. The molecule has 2 heterocycles. The van der Waals surface area contributed by atoms with Crippen molar-refractivity contribution in [2.24, 2.45) is 0 Å². The fourth-order valence-corrected chi connectivity index (χ4v) is 3.11. The first-order chi connectivity index (χ1) is 13.1. The van der Waals surface area contributed by atoms with Gasteiger partial charge in [-0.3, -0.25) is 4.79 Å². The fraction of sp³-hybridized carbons (Fsp3) is 0. The highest BCUT2D eigenvalue weighted by atomic mass is 35.5. The van der Waals surface area contributed by atoms with Crippen molar-refractivity contribution in [2.45, 2.75) is 0 Å². The lowest BCUT2D eigenvalue weighted by Crippen LogP contribution is -2.10. The smallest absolute Gasteiger partial charge is 0.257 e.